The number of anilines is 2. The number of amides is 2. The third kappa shape index (κ3) is 4.91. The number of ether oxygens (including phenoxy) is 1. The zero-order valence-electron chi connectivity index (χ0n) is 17.0. The van der Waals surface area contributed by atoms with Crippen molar-refractivity contribution in [1.29, 1.82) is 0 Å². The Morgan fingerprint density at radius 3 is 2.60 bits per heavy atom. The van der Waals surface area contributed by atoms with Crippen LogP contribution in [-0.4, -0.2) is 57.6 Å². The number of nitrogens with one attached hydrogen (secondary N) is 1. The molecule has 2 aromatic rings. The molecule has 1 aliphatic rings. The lowest BCUT2D eigenvalue weighted by molar-refractivity contribution is -0.116. The minimum Gasteiger partial charge on any atom is -0.497 e. The Balaban J connectivity index is 1.71. The van der Waals surface area contributed by atoms with Crippen LogP contribution in [0.4, 0.5) is 11.4 Å². The normalized spacial score (nSPS) is 14.9. The first kappa shape index (κ1) is 21.6. The second-order valence-electron chi connectivity index (χ2n) is 6.89. The smallest absolute Gasteiger partial charge is 0.254 e. The largest absolute Gasteiger partial charge is 0.497 e. The summed E-state index contributed by atoms with van der Waals surface area (Å²) in [6.07, 6.45) is 0.562. The van der Waals surface area contributed by atoms with Gasteiger partial charge >= 0.3 is 0 Å². The van der Waals surface area contributed by atoms with Gasteiger partial charge in [0.25, 0.3) is 5.91 Å². The van der Waals surface area contributed by atoms with Crippen molar-refractivity contribution in [3.63, 3.8) is 0 Å². The van der Waals surface area contributed by atoms with E-state index in [4.69, 9.17) is 4.74 Å². The topological polar surface area (TPSA) is 96.0 Å². The molecular weight excluding hydrogens is 406 g/mol. The van der Waals surface area contributed by atoms with Crippen LogP contribution in [-0.2, 0) is 14.8 Å². The highest BCUT2D eigenvalue weighted by atomic mass is 32.2. The average Bonchev–Trinajstić information content (AvgIpc) is 3.10. The molecule has 30 heavy (non-hydrogen) atoms. The van der Waals surface area contributed by atoms with Gasteiger partial charge in [0.2, 0.25) is 15.9 Å². The average molecular weight is 432 g/mol. The van der Waals surface area contributed by atoms with Crippen LogP contribution in [0.15, 0.2) is 48.5 Å². The molecule has 160 valence electrons. The van der Waals surface area contributed by atoms with Crippen molar-refractivity contribution >= 4 is 33.2 Å². The molecule has 2 amide bonds. The highest BCUT2D eigenvalue weighted by Gasteiger charge is 2.29. The van der Waals surface area contributed by atoms with Gasteiger partial charge in [-0.25, -0.2) is 8.42 Å². The predicted molar refractivity (Wildman–Crippen MR) is 115 cm³/mol. The van der Waals surface area contributed by atoms with E-state index in [-0.39, 0.29) is 24.1 Å². The van der Waals surface area contributed by atoms with E-state index in [9.17, 15) is 18.0 Å². The molecule has 0 atom stereocenters. The van der Waals surface area contributed by atoms with Crippen LogP contribution >= 0.6 is 0 Å². The lowest BCUT2D eigenvalue weighted by Gasteiger charge is -2.22. The second kappa shape index (κ2) is 9.17. The van der Waals surface area contributed by atoms with Crippen LogP contribution in [0.3, 0.4) is 0 Å². The number of carbonyl (C=O) groups excluding carboxylic acids is 2. The van der Waals surface area contributed by atoms with Gasteiger partial charge in [-0.2, -0.15) is 0 Å². The fourth-order valence-electron chi connectivity index (χ4n) is 3.31. The van der Waals surface area contributed by atoms with E-state index in [0.29, 0.717) is 42.2 Å². The Morgan fingerprint density at radius 1 is 1.17 bits per heavy atom. The van der Waals surface area contributed by atoms with Gasteiger partial charge in [-0.05, 0) is 43.7 Å². The summed E-state index contributed by atoms with van der Waals surface area (Å²) < 4.78 is 30.8. The molecule has 0 aliphatic carbocycles. The first-order chi connectivity index (χ1) is 14.3. The Morgan fingerprint density at radius 2 is 1.93 bits per heavy atom. The van der Waals surface area contributed by atoms with Crippen molar-refractivity contribution in [3.05, 3.63) is 54.1 Å². The maximum Gasteiger partial charge on any atom is 0.254 e. The molecule has 0 aromatic heterocycles. The van der Waals surface area contributed by atoms with Gasteiger partial charge in [0.1, 0.15) is 12.3 Å². The van der Waals surface area contributed by atoms with E-state index in [1.807, 2.05) is 0 Å². The van der Waals surface area contributed by atoms with Crippen molar-refractivity contribution in [2.45, 2.75) is 13.3 Å². The summed E-state index contributed by atoms with van der Waals surface area (Å²) in [4.78, 5) is 26.8. The molecule has 1 saturated heterocycles. The number of carbonyl (C=O) groups is 2. The Bertz CT molecular complexity index is 1040. The minimum absolute atomic E-state index is 0.108. The number of benzene rings is 2. The maximum absolute atomic E-state index is 13.0. The molecule has 0 spiro atoms. The molecule has 0 radical (unpaired) electrons. The van der Waals surface area contributed by atoms with Gasteiger partial charge in [0, 0.05) is 30.4 Å². The molecule has 8 nitrogen and oxygen atoms in total. The van der Waals surface area contributed by atoms with Gasteiger partial charge in [0.05, 0.1) is 18.6 Å². The van der Waals surface area contributed by atoms with Gasteiger partial charge < -0.3 is 15.0 Å². The SMILES string of the molecule is CCN(CC(=O)Nc1cccc(OC)c1)C(=O)c1cccc(N2CCCS2(=O)=O)c1. The molecule has 1 heterocycles. The summed E-state index contributed by atoms with van der Waals surface area (Å²) >= 11 is 0. The van der Waals surface area contributed by atoms with Crippen LogP contribution in [0.5, 0.6) is 5.75 Å². The standard InChI is InChI=1S/C21H25N3O5S/c1-3-23(15-20(25)22-17-8-5-10-19(14-17)29-2)21(26)16-7-4-9-18(13-16)24-11-6-12-30(24,27)28/h4-5,7-10,13-14H,3,6,11-12,15H2,1-2H3,(H,22,25). The Labute approximate surface area is 176 Å². The fraction of sp³-hybridized carbons (Fsp3) is 0.333. The highest BCUT2D eigenvalue weighted by molar-refractivity contribution is 7.93. The van der Waals surface area contributed by atoms with Crippen LogP contribution in [0.1, 0.15) is 23.7 Å². The zero-order chi connectivity index (χ0) is 21.7. The highest BCUT2D eigenvalue weighted by Crippen LogP contribution is 2.25. The summed E-state index contributed by atoms with van der Waals surface area (Å²) in [6, 6.07) is 13.5. The molecule has 1 fully saturated rings. The summed E-state index contributed by atoms with van der Waals surface area (Å²) in [5.41, 5.74) is 1.38. The summed E-state index contributed by atoms with van der Waals surface area (Å²) in [7, 11) is -1.79. The second-order valence-corrected chi connectivity index (χ2v) is 8.90. The molecule has 3 rings (SSSR count). The molecule has 2 aromatic carbocycles. The van der Waals surface area contributed by atoms with E-state index >= 15 is 0 Å². The van der Waals surface area contributed by atoms with E-state index in [1.54, 1.807) is 62.6 Å². The lowest BCUT2D eigenvalue weighted by atomic mass is 10.1. The van der Waals surface area contributed by atoms with E-state index in [1.165, 1.54) is 9.21 Å². The van der Waals surface area contributed by atoms with E-state index in [2.05, 4.69) is 5.32 Å². The first-order valence-corrected chi connectivity index (χ1v) is 11.3. The third-order valence-electron chi connectivity index (χ3n) is 4.84. The minimum atomic E-state index is -3.33. The molecule has 9 heteroatoms. The van der Waals surface area contributed by atoms with Crippen molar-refractivity contribution in [3.8, 4) is 5.75 Å². The van der Waals surface area contributed by atoms with Crippen LogP contribution < -0.4 is 14.4 Å². The number of nitrogens with zero attached hydrogens (tertiary/aromatic N) is 2. The first-order valence-electron chi connectivity index (χ1n) is 9.67. The van der Waals surface area contributed by atoms with Crippen molar-refractivity contribution in [2.75, 3.05) is 42.1 Å². The maximum atomic E-state index is 13.0. The fourth-order valence-corrected chi connectivity index (χ4v) is 4.86. The van der Waals surface area contributed by atoms with E-state index in [0.717, 1.165) is 0 Å². The van der Waals surface area contributed by atoms with Crippen LogP contribution in [0.25, 0.3) is 0 Å². The quantitative estimate of drug-likeness (QED) is 0.726. The number of hydrogen-bond acceptors (Lipinski definition) is 5. The van der Waals surface area contributed by atoms with Gasteiger partial charge in [-0.1, -0.05) is 12.1 Å². The number of likely N-dealkylation sites (N-methyl/N-ethyl adjacent to an activating group) is 1. The molecular formula is C21H25N3O5S. The number of rotatable bonds is 7. The zero-order valence-corrected chi connectivity index (χ0v) is 17.8. The third-order valence-corrected chi connectivity index (χ3v) is 6.71. The van der Waals surface area contributed by atoms with Crippen molar-refractivity contribution < 1.29 is 22.7 Å². The summed E-state index contributed by atoms with van der Waals surface area (Å²) in [6.45, 7) is 2.39. The summed E-state index contributed by atoms with van der Waals surface area (Å²) in [5, 5.41) is 2.75. The summed E-state index contributed by atoms with van der Waals surface area (Å²) in [5.74, 6) is 0.0508. The number of sulfonamides is 1. The number of methoxy groups -OCH3 is 1. The Kier molecular flexibility index (Phi) is 6.61. The molecule has 0 bridgehead atoms. The van der Waals surface area contributed by atoms with Crippen molar-refractivity contribution in [1.82, 2.24) is 4.90 Å². The van der Waals surface area contributed by atoms with Crippen molar-refractivity contribution in [2.24, 2.45) is 0 Å². The lowest BCUT2D eigenvalue weighted by Crippen LogP contribution is -2.38. The van der Waals surface area contributed by atoms with Gasteiger partial charge in [0.15, 0.2) is 0 Å². The molecule has 1 N–H and O–H groups in total. The number of hydrogen-bond donors (Lipinski definition) is 1. The van der Waals surface area contributed by atoms with Gasteiger partial charge in [-0.15, -0.1) is 0 Å². The van der Waals surface area contributed by atoms with Crippen LogP contribution in [0, 0.1) is 0 Å². The Hall–Kier alpha value is -3.07. The molecule has 0 unspecified atom stereocenters. The predicted octanol–water partition coefficient (Wildman–Crippen LogP) is 2.34. The molecule has 1 aliphatic heterocycles. The molecule has 0 saturated carbocycles. The monoisotopic (exact) mass is 431 g/mol. The van der Waals surface area contributed by atoms with E-state index < -0.39 is 10.0 Å². The van der Waals surface area contributed by atoms with Crippen LogP contribution in [0.2, 0.25) is 0 Å². The van der Waals surface area contributed by atoms with Gasteiger partial charge in [-0.3, -0.25) is 13.9 Å².